The van der Waals surface area contributed by atoms with Gasteiger partial charge in [0.05, 0.1) is 41.1 Å². The van der Waals surface area contributed by atoms with Gasteiger partial charge in [-0.2, -0.15) is 4.40 Å². The van der Waals surface area contributed by atoms with Crippen molar-refractivity contribution >= 4 is 41.1 Å². The molecule has 0 aliphatic carbocycles. The molecule has 4 rings (SSSR count). The van der Waals surface area contributed by atoms with Gasteiger partial charge in [-0.05, 0) is 44.9 Å². The van der Waals surface area contributed by atoms with Gasteiger partial charge in [-0.15, -0.1) is 0 Å². The topological polar surface area (TPSA) is 129 Å². The first-order valence-corrected chi connectivity index (χ1v) is 11.7. The molecular weight excluding hydrogens is 438 g/mol. The van der Waals surface area contributed by atoms with Crippen molar-refractivity contribution in [3.8, 4) is 5.75 Å². The van der Waals surface area contributed by atoms with E-state index in [9.17, 15) is 4.79 Å². The van der Waals surface area contributed by atoms with E-state index in [0.29, 0.717) is 53.9 Å². The predicted octanol–water partition coefficient (Wildman–Crippen LogP) is 3.44. The van der Waals surface area contributed by atoms with Crippen LogP contribution in [0.3, 0.4) is 0 Å². The summed E-state index contributed by atoms with van der Waals surface area (Å²) in [6, 6.07) is 7.53. The van der Waals surface area contributed by atoms with E-state index in [1.807, 2.05) is 30.0 Å². The van der Waals surface area contributed by atoms with Gasteiger partial charge in [-0.1, -0.05) is 6.07 Å². The molecule has 1 saturated heterocycles. The minimum atomic E-state index is -0.0713. The molecule has 5 N–H and O–H groups in total. The number of carbonyl (C=O) groups excluding carboxylic acids is 1. The van der Waals surface area contributed by atoms with Crippen LogP contribution in [0.2, 0.25) is 0 Å². The standard InChI is InChI=1S/C23H29N7O2S/c1-13-10-16(19(14(2)24)22(26-3)27-13)23(31)30-9-5-6-15(11-30)12-32-18-8-4-7-17-20(18)21(25)29-33-28-17/h4,7-8,10,15,24,28H,5-6,9,11-12H2,1-3H3,(H2,25,29)(H,26,27)/t15-/m0/s1. The van der Waals surface area contributed by atoms with Crippen molar-refractivity contribution in [3.63, 3.8) is 0 Å². The van der Waals surface area contributed by atoms with E-state index < -0.39 is 0 Å². The van der Waals surface area contributed by atoms with Gasteiger partial charge in [0.1, 0.15) is 17.4 Å². The molecule has 0 saturated carbocycles. The monoisotopic (exact) mass is 467 g/mol. The van der Waals surface area contributed by atoms with E-state index in [1.165, 1.54) is 12.1 Å². The van der Waals surface area contributed by atoms with Crippen LogP contribution in [0.15, 0.2) is 28.7 Å². The number of likely N-dealkylation sites (tertiary alicyclic amines) is 1. The smallest absolute Gasteiger partial charge is 0.254 e. The maximum atomic E-state index is 13.5. The van der Waals surface area contributed by atoms with Gasteiger partial charge >= 0.3 is 0 Å². The van der Waals surface area contributed by atoms with Gasteiger partial charge < -0.3 is 30.8 Å². The molecule has 1 aromatic heterocycles. The number of nitrogens with one attached hydrogen (secondary N) is 3. The summed E-state index contributed by atoms with van der Waals surface area (Å²) in [6.45, 7) is 5.30. The first-order chi connectivity index (χ1) is 15.9. The summed E-state index contributed by atoms with van der Waals surface area (Å²) in [5, 5.41) is 11.2. The lowest BCUT2D eigenvalue weighted by molar-refractivity contribution is 0.0633. The molecule has 2 aromatic rings. The largest absolute Gasteiger partial charge is 0.492 e. The molecule has 0 spiro atoms. The number of aryl methyl sites for hydroxylation is 1. The Kier molecular flexibility index (Phi) is 6.73. The van der Waals surface area contributed by atoms with Gasteiger partial charge in [0, 0.05) is 37.5 Å². The highest BCUT2D eigenvalue weighted by Crippen LogP contribution is 2.33. The van der Waals surface area contributed by atoms with Crippen LogP contribution < -0.4 is 20.5 Å². The quantitative estimate of drug-likeness (QED) is 0.378. The average molecular weight is 468 g/mol. The second-order valence-corrected chi connectivity index (χ2v) is 8.90. The molecule has 1 fully saturated rings. The van der Waals surface area contributed by atoms with Crippen LogP contribution in [0.4, 0.5) is 11.5 Å². The van der Waals surface area contributed by atoms with E-state index in [-0.39, 0.29) is 11.8 Å². The highest BCUT2D eigenvalue weighted by atomic mass is 32.2. The molecule has 0 unspecified atom stereocenters. The molecule has 1 amide bonds. The van der Waals surface area contributed by atoms with Crippen molar-refractivity contribution in [2.45, 2.75) is 26.7 Å². The Bertz CT molecular complexity index is 1120. The number of piperidine rings is 1. The van der Waals surface area contributed by atoms with Crippen LogP contribution in [-0.4, -0.2) is 54.1 Å². The number of aromatic nitrogens is 1. The SMILES string of the molecule is CNc1nc(C)cc(C(=O)N2CCC[C@H](COc3cccc4c3C(N)=NSN4)C2)c1C(C)=N. The van der Waals surface area contributed by atoms with Crippen LogP contribution in [-0.2, 0) is 0 Å². The number of carbonyl (C=O) groups is 1. The minimum absolute atomic E-state index is 0.0713. The van der Waals surface area contributed by atoms with Crippen LogP contribution in [0.1, 0.15) is 46.9 Å². The second kappa shape index (κ2) is 9.70. The summed E-state index contributed by atoms with van der Waals surface area (Å²) in [4.78, 5) is 19.8. The van der Waals surface area contributed by atoms with Gasteiger partial charge in [-0.25, -0.2) is 4.98 Å². The Balaban J connectivity index is 1.49. The molecule has 10 heteroatoms. The zero-order valence-electron chi connectivity index (χ0n) is 19.1. The van der Waals surface area contributed by atoms with E-state index in [1.54, 1.807) is 20.0 Å². The highest BCUT2D eigenvalue weighted by molar-refractivity contribution is 7.99. The number of ether oxygens (including phenoxy) is 1. The lowest BCUT2D eigenvalue weighted by Gasteiger charge is -2.33. The van der Waals surface area contributed by atoms with Crippen LogP contribution >= 0.6 is 12.1 Å². The summed E-state index contributed by atoms with van der Waals surface area (Å²) in [7, 11) is 1.75. The van der Waals surface area contributed by atoms with E-state index >= 15 is 0 Å². The van der Waals surface area contributed by atoms with Crippen molar-refractivity contribution in [1.82, 2.24) is 9.88 Å². The van der Waals surface area contributed by atoms with Crippen molar-refractivity contribution in [2.24, 2.45) is 16.0 Å². The van der Waals surface area contributed by atoms with E-state index in [2.05, 4.69) is 19.4 Å². The summed E-state index contributed by atoms with van der Waals surface area (Å²) in [5.74, 6) is 1.81. The van der Waals surface area contributed by atoms with Gasteiger partial charge in [0.15, 0.2) is 0 Å². The fourth-order valence-electron chi connectivity index (χ4n) is 4.33. The normalized spacial score (nSPS) is 17.5. The first-order valence-electron chi connectivity index (χ1n) is 10.9. The maximum absolute atomic E-state index is 13.5. The number of amides is 1. The number of hydrogen-bond donors (Lipinski definition) is 4. The number of rotatable bonds is 6. The molecule has 2 aliphatic rings. The second-order valence-electron chi connectivity index (χ2n) is 8.33. The Morgan fingerprint density at radius 1 is 1.45 bits per heavy atom. The van der Waals surface area contributed by atoms with Crippen LogP contribution in [0.5, 0.6) is 5.75 Å². The Hall–Kier alpha value is -3.27. The number of nitrogens with zero attached hydrogens (tertiary/aromatic N) is 3. The summed E-state index contributed by atoms with van der Waals surface area (Å²) < 4.78 is 13.5. The third-order valence-corrected chi connectivity index (χ3v) is 6.45. The molecular formula is C23H29N7O2S. The summed E-state index contributed by atoms with van der Waals surface area (Å²) in [6.07, 6.45) is 1.88. The van der Waals surface area contributed by atoms with Crippen molar-refractivity contribution in [1.29, 1.82) is 5.41 Å². The number of anilines is 2. The van der Waals surface area contributed by atoms with E-state index in [4.69, 9.17) is 15.9 Å². The molecule has 0 radical (unpaired) electrons. The Morgan fingerprint density at radius 3 is 3.03 bits per heavy atom. The number of hydrogen-bond acceptors (Lipinski definition) is 9. The van der Waals surface area contributed by atoms with Crippen LogP contribution in [0.25, 0.3) is 0 Å². The third kappa shape index (κ3) is 4.75. The minimum Gasteiger partial charge on any atom is -0.492 e. The Morgan fingerprint density at radius 2 is 2.27 bits per heavy atom. The zero-order valence-corrected chi connectivity index (χ0v) is 19.9. The molecule has 2 aliphatic heterocycles. The summed E-state index contributed by atoms with van der Waals surface area (Å²) in [5.41, 5.74) is 9.87. The van der Waals surface area contributed by atoms with Gasteiger partial charge in [0.2, 0.25) is 0 Å². The zero-order chi connectivity index (χ0) is 23.5. The third-order valence-electron chi connectivity index (χ3n) is 5.85. The lowest BCUT2D eigenvalue weighted by atomic mass is 9.96. The summed E-state index contributed by atoms with van der Waals surface area (Å²) >= 11 is 1.20. The highest BCUT2D eigenvalue weighted by Gasteiger charge is 2.28. The van der Waals surface area contributed by atoms with Crippen molar-refractivity contribution in [2.75, 3.05) is 36.8 Å². The molecule has 174 valence electrons. The lowest BCUT2D eigenvalue weighted by Crippen LogP contribution is -2.42. The molecule has 3 heterocycles. The fraction of sp³-hybridized carbons (Fsp3) is 0.391. The molecule has 33 heavy (non-hydrogen) atoms. The van der Waals surface area contributed by atoms with Crippen LogP contribution in [0, 0.1) is 18.3 Å². The van der Waals surface area contributed by atoms with E-state index in [0.717, 1.165) is 29.8 Å². The molecule has 1 atom stereocenters. The number of pyridine rings is 1. The molecule has 9 nitrogen and oxygen atoms in total. The van der Waals surface area contributed by atoms with Crippen molar-refractivity contribution in [3.05, 3.63) is 46.6 Å². The van der Waals surface area contributed by atoms with Gasteiger partial charge in [-0.3, -0.25) is 4.79 Å². The predicted molar refractivity (Wildman–Crippen MR) is 134 cm³/mol. The number of fused-ring (bicyclic) bond motifs is 1. The van der Waals surface area contributed by atoms with Gasteiger partial charge in [0.25, 0.3) is 5.91 Å². The number of nitrogens with two attached hydrogens (primary N) is 1. The first kappa shape index (κ1) is 22.9. The average Bonchev–Trinajstić information content (AvgIpc) is 2.81. The molecule has 0 bridgehead atoms. The fourth-order valence-corrected chi connectivity index (χ4v) is 4.84. The Labute approximate surface area is 198 Å². The maximum Gasteiger partial charge on any atom is 0.254 e. The number of amidine groups is 1. The number of benzene rings is 1. The van der Waals surface area contributed by atoms with Crippen molar-refractivity contribution < 1.29 is 9.53 Å². The molecule has 1 aromatic carbocycles.